The molecule has 0 fully saturated rings. The number of carbonyl (C=O) groups excluding carboxylic acids is 1. The van der Waals surface area contributed by atoms with Crippen LogP contribution < -0.4 is 5.32 Å². The SMILES string of the molecule is C.C.CNCC(=O)OC. The van der Waals surface area contributed by atoms with Gasteiger partial charge in [0.25, 0.3) is 0 Å². The van der Waals surface area contributed by atoms with Crippen molar-refractivity contribution in [3.8, 4) is 0 Å². The smallest absolute Gasteiger partial charge is 0.319 e. The Morgan fingerprint density at radius 1 is 1.56 bits per heavy atom. The van der Waals surface area contributed by atoms with Crippen LogP contribution >= 0.6 is 0 Å². The molecule has 0 aliphatic rings. The van der Waals surface area contributed by atoms with E-state index in [0.29, 0.717) is 0 Å². The predicted octanol–water partition coefficient (Wildman–Crippen LogP) is 0.651. The molecule has 0 aromatic rings. The third-order valence-electron chi connectivity index (χ3n) is 0.549. The predicted molar refractivity (Wildman–Crippen MR) is 39.4 cm³/mol. The number of ether oxygens (including phenoxy) is 1. The van der Waals surface area contributed by atoms with E-state index in [-0.39, 0.29) is 27.4 Å². The van der Waals surface area contributed by atoms with Gasteiger partial charge in [0.1, 0.15) is 0 Å². The van der Waals surface area contributed by atoms with Crippen LogP contribution in [0, 0.1) is 0 Å². The average Bonchev–Trinajstić information content (AvgIpc) is 1.68. The summed E-state index contributed by atoms with van der Waals surface area (Å²) in [6.07, 6.45) is 0. The lowest BCUT2D eigenvalue weighted by Gasteiger charge is -1.93. The summed E-state index contributed by atoms with van der Waals surface area (Å²) in [5, 5.41) is 2.64. The van der Waals surface area contributed by atoms with E-state index in [2.05, 4.69) is 10.1 Å². The van der Waals surface area contributed by atoms with Crippen LogP contribution in [-0.2, 0) is 9.53 Å². The summed E-state index contributed by atoms with van der Waals surface area (Å²) in [7, 11) is 3.05. The van der Waals surface area contributed by atoms with E-state index >= 15 is 0 Å². The van der Waals surface area contributed by atoms with Crippen molar-refractivity contribution in [3.63, 3.8) is 0 Å². The molecule has 0 rings (SSSR count). The molecule has 0 saturated heterocycles. The molecule has 58 valence electrons. The highest BCUT2D eigenvalue weighted by molar-refractivity contribution is 5.71. The van der Waals surface area contributed by atoms with Crippen molar-refractivity contribution in [2.75, 3.05) is 20.7 Å². The molecule has 0 spiro atoms. The molecule has 0 aromatic heterocycles. The molecule has 0 saturated carbocycles. The zero-order chi connectivity index (χ0) is 5.70. The molecule has 0 atom stereocenters. The topological polar surface area (TPSA) is 38.3 Å². The number of esters is 1. The normalized spacial score (nSPS) is 6.44. The third kappa shape index (κ3) is 11.2. The van der Waals surface area contributed by atoms with E-state index < -0.39 is 0 Å². The van der Waals surface area contributed by atoms with Gasteiger partial charge in [0.2, 0.25) is 0 Å². The van der Waals surface area contributed by atoms with Crippen LogP contribution in [0.3, 0.4) is 0 Å². The van der Waals surface area contributed by atoms with Gasteiger partial charge < -0.3 is 10.1 Å². The number of rotatable bonds is 2. The van der Waals surface area contributed by atoms with E-state index in [1.165, 1.54) is 7.11 Å². The Morgan fingerprint density at radius 2 is 2.00 bits per heavy atom. The summed E-state index contributed by atoms with van der Waals surface area (Å²) in [6.45, 7) is 0.288. The van der Waals surface area contributed by atoms with Gasteiger partial charge in [-0.1, -0.05) is 14.9 Å². The highest BCUT2D eigenvalue weighted by atomic mass is 16.5. The van der Waals surface area contributed by atoms with E-state index in [1.54, 1.807) is 7.05 Å². The zero-order valence-corrected chi connectivity index (χ0v) is 4.52. The molecular weight excluding hydrogens is 118 g/mol. The molecule has 0 amide bonds. The Balaban J connectivity index is -0.000000180. The molecule has 0 aliphatic heterocycles. The molecular formula is C6H17NO2. The highest BCUT2D eigenvalue weighted by Gasteiger charge is 1.91. The van der Waals surface area contributed by atoms with E-state index in [0.717, 1.165) is 0 Å². The number of hydrogen-bond donors (Lipinski definition) is 1. The second kappa shape index (κ2) is 10.4. The number of carbonyl (C=O) groups is 1. The Hall–Kier alpha value is -0.570. The maximum atomic E-state index is 10.1. The van der Waals surface area contributed by atoms with E-state index in [4.69, 9.17) is 0 Å². The third-order valence-corrected chi connectivity index (χ3v) is 0.549. The summed E-state index contributed by atoms with van der Waals surface area (Å²) in [4.78, 5) is 10.1. The number of nitrogens with one attached hydrogen (secondary N) is 1. The monoisotopic (exact) mass is 135 g/mol. The van der Waals surface area contributed by atoms with Crippen molar-refractivity contribution in [2.45, 2.75) is 14.9 Å². The van der Waals surface area contributed by atoms with Gasteiger partial charge in [0.15, 0.2) is 0 Å². The number of methoxy groups -OCH3 is 1. The minimum Gasteiger partial charge on any atom is -0.468 e. The molecule has 0 heterocycles. The van der Waals surface area contributed by atoms with Gasteiger partial charge in [-0.25, -0.2) is 0 Å². The van der Waals surface area contributed by atoms with Gasteiger partial charge in [-0.3, -0.25) is 4.79 Å². The Labute approximate surface area is 57.4 Å². The van der Waals surface area contributed by atoms with Crippen LogP contribution in [0.1, 0.15) is 14.9 Å². The van der Waals surface area contributed by atoms with Gasteiger partial charge >= 0.3 is 5.97 Å². The molecule has 0 bridgehead atoms. The summed E-state index contributed by atoms with van der Waals surface area (Å²) >= 11 is 0. The van der Waals surface area contributed by atoms with Crippen LogP contribution in [-0.4, -0.2) is 26.7 Å². The van der Waals surface area contributed by atoms with Crippen molar-refractivity contribution >= 4 is 5.97 Å². The van der Waals surface area contributed by atoms with Gasteiger partial charge in [-0.05, 0) is 7.05 Å². The van der Waals surface area contributed by atoms with Gasteiger partial charge in [-0.2, -0.15) is 0 Å². The minimum atomic E-state index is -0.234. The van der Waals surface area contributed by atoms with Crippen LogP contribution in [0.25, 0.3) is 0 Å². The van der Waals surface area contributed by atoms with Crippen LogP contribution in [0.15, 0.2) is 0 Å². The maximum absolute atomic E-state index is 10.1. The lowest BCUT2D eigenvalue weighted by Crippen LogP contribution is -2.19. The van der Waals surface area contributed by atoms with Crippen molar-refractivity contribution in [2.24, 2.45) is 0 Å². The molecule has 0 aromatic carbocycles. The lowest BCUT2D eigenvalue weighted by atomic mass is 10.7. The largest absolute Gasteiger partial charge is 0.468 e. The second-order valence-corrected chi connectivity index (χ2v) is 1.11. The second-order valence-electron chi connectivity index (χ2n) is 1.11. The van der Waals surface area contributed by atoms with Gasteiger partial charge in [0.05, 0.1) is 13.7 Å². The van der Waals surface area contributed by atoms with Crippen molar-refractivity contribution in [1.29, 1.82) is 0 Å². The quantitative estimate of drug-likeness (QED) is 0.565. The average molecular weight is 135 g/mol. The molecule has 1 N–H and O–H groups in total. The molecule has 9 heavy (non-hydrogen) atoms. The standard InChI is InChI=1S/C4H9NO2.2CH4/c1-5-3-4(6)7-2;;/h5H,3H2,1-2H3;2*1H4. The Morgan fingerprint density at radius 3 is 2.11 bits per heavy atom. The Kier molecular flexibility index (Phi) is 18.3. The van der Waals surface area contributed by atoms with E-state index in [9.17, 15) is 4.79 Å². The lowest BCUT2D eigenvalue weighted by molar-refractivity contribution is -0.139. The first-order valence-corrected chi connectivity index (χ1v) is 2.02. The maximum Gasteiger partial charge on any atom is 0.319 e. The summed E-state index contributed by atoms with van der Waals surface area (Å²) in [5.74, 6) is -0.234. The number of likely N-dealkylation sites (N-methyl/N-ethyl adjacent to an activating group) is 1. The number of hydrogen-bond acceptors (Lipinski definition) is 3. The van der Waals surface area contributed by atoms with Crippen LogP contribution in [0.4, 0.5) is 0 Å². The Bertz CT molecular complexity index is 64.1. The fraction of sp³-hybridized carbons (Fsp3) is 0.833. The molecule has 3 heteroatoms. The summed E-state index contributed by atoms with van der Waals surface area (Å²) in [5.41, 5.74) is 0. The van der Waals surface area contributed by atoms with Crippen LogP contribution in [0.2, 0.25) is 0 Å². The first-order valence-electron chi connectivity index (χ1n) is 2.02. The first kappa shape index (κ1) is 15.8. The van der Waals surface area contributed by atoms with Crippen molar-refractivity contribution in [1.82, 2.24) is 5.32 Å². The van der Waals surface area contributed by atoms with Crippen molar-refractivity contribution < 1.29 is 9.53 Å². The van der Waals surface area contributed by atoms with Gasteiger partial charge in [0, 0.05) is 0 Å². The fourth-order valence-electron chi connectivity index (χ4n) is 0.217. The molecule has 3 nitrogen and oxygen atoms in total. The summed E-state index contributed by atoms with van der Waals surface area (Å²) in [6, 6.07) is 0. The molecule has 0 radical (unpaired) electrons. The zero-order valence-electron chi connectivity index (χ0n) is 4.52. The highest BCUT2D eigenvalue weighted by Crippen LogP contribution is 1.64. The first-order chi connectivity index (χ1) is 3.31. The molecule has 0 aliphatic carbocycles. The minimum absolute atomic E-state index is 0. The van der Waals surface area contributed by atoms with Crippen LogP contribution in [0.5, 0.6) is 0 Å². The summed E-state index contributed by atoms with van der Waals surface area (Å²) < 4.78 is 4.29. The molecule has 0 unspecified atom stereocenters. The van der Waals surface area contributed by atoms with E-state index in [1.807, 2.05) is 0 Å². The van der Waals surface area contributed by atoms with Gasteiger partial charge in [-0.15, -0.1) is 0 Å². The van der Waals surface area contributed by atoms with Crippen molar-refractivity contribution in [3.05, 3.63) is 0 Å². The fourth-order valence-corrected chi connectivity index (χ4v) is 0.217.